The lowest BCUT2D eigenvalue weighted by atomic mass is 10.1. The Morgan fingerprint density at radius 3 is 2.70 bits per heavy atom. The molecule has 1 fully saturated rings. The zero-order valence-electron chi connectivity index (χ0n) is 12.5. The number of aryl methyl sites for hydroxylation is 2. The van der Waals surface area contributed by atoms with Crippen LogP contribution in [0.5, 0.6) is 0 Å². The number of hydrogen-bond donors (Lipinski definition) is 1. The Morgan fingerprint density at radius 1 is 1.45 bits per heavy atom. The smallest absolute Gasteiger partial charge is 0.245 e. The minimum absolute atomic E-state index is 0.0224. The molecule has 4 nitrogen and oxygen atoms in total. The molecule has 5 heteroatoms. The van der Waals surface area contributed by atoms with Gasteiger partial charge in [-0.15, -0.1) is 11.3 Å². The Balaban J connectivity index is 2.27. The molecule has 1 aliphatic rings. The van der Waals surface area contributed by atoms with Gasteiger partial charge >= 0.3 is 0 Å². The fourth-order valence-electron chi connectivity index (χ4n) is 2.75. The van der Waals surface area contributed by atoms with Crippen molar-refractivity contribution in [2.24, 2.45) is 0 Å². The Hall–Kier alpha value is -1.36. The summed E-state index contributed by atoms with van der Waals surface area (Å²) in [4.78, 5) is 28.6. The van der Waals surface area contributed by atoms with Crippen molar-refractivity contribution < 1.29 is 9.59 Å². The second-order valence-corrected chi connectivity index (χ2v) is 6.81. The van der Waals surface area contributed by atoms with Crippen LogP contribution in [-0.2, 0) is 9.59 Å². The van der Waals surface area contributed by atoms with E-state index in [4.69, 9.17) is 0 Å². The van der Waals surface area contributed by atoms with Crippen LogP contribution < -0.4 is 5.32 Å². The summed E-state index contributed by atoms with van der Waals surface area (Å²) in [6.07, 6.45) is 1.02. The molecule has 2 rings (SSSR count). The monoisotopic (exact) mass is 294 g/mol. The first-order valence-electron chi connectivity index (χ1n) is 7.10. The second-order valence-electron chi connectivity index (χ2n) is 5.35. The highest BCUT2D eigenvalue weighted by Crippen LogP contribution is 2.31. The van der Waals surface area contributed by atoms with Gasteiger partial charge in [-0.25, -0.2) is 0 Å². The van der Waals surface area contributed by atoms with Gasteiger partial charge in [-0.3, -0.25) is 9.59 Å². The van der Waals surface area contributed by atoms with E-state index in [1.54, 1.807) is 11.3 Å². The van der Waals surface area contributed by atoms with Crippen LogP contribution in [0, 0.1) is 13.8 Å². The number of amides is 2. The van der Waals surface area contributed by atoms with Gasteiger partial charge in [-0.2, -0.15) is 0 Å². The first-order chi connectivity index (χ1) is 9.43. The van der Waals surface area contributed by atoms with Crippen LogP contribution in [0.1, 0.15) is 48.0 Å². The zero-order valence-corrected chi connectivity index (χ0v) is 13.3. The summed E-state index contributed by atoms with van der Waals surface area (Å²) < 4.78 is 0. The largest absolute Gasteiger partial charge is 0.344 e. The van der Waals surface area contributed by atoms with Crippen LogP contribution in [0.25, 0.3) is 0 Å². The van der Waals surface area contributed by atoms with Gasteiger partial charge in [0.25, 0.3) is 0 Å². The van der Waals surface area contributed by atoms with Gasteiger partial charge in [0.15, 0.2) is 0 Å². The van der Waals surface area contributed by atoms with E-state index in [2.05, 4.69) is 32.2 Å². The zero-order chi connectivity index (χ0) is 14.9. The van der Waals surface area contributed by atoms with Gasteiger partial charge in [0.1, 0.15) is 6.04 Å². The summed E-state index contributed by atoms with van der Waals surface area (Å²) in [6.45, 7) is 8.65. The number of carbonyl (C=O) groups excluding carboxylic acids is 2. The predicted molar refractivity (Wildman–Crippen MR) is 80.8 cm³/mol. The van der Waals surface area contributed by atoms with Crippen LogP contribution in [0.15, 0.2) is 6.07 Å². The molecule has 1 aromatic rings. The summed E-state index contributed by atoms with van der Waals surface area (Å²) in [7, 11) is 0. The quantitative estimate of drug-likeness (QED) is 0.931. The summed E-state index contributed by atoms with van der Waals surface area (Å²) in [5, 5.41) is 2.81. The van der Waals surface area contributed by atoms with Crippen molar-refractivity contribution in [1.82, 2.24) is 10.2 Å². The van der Waals surface area contributed by atoms with E-state index in [-0.39, 0.29) is 23.9 Å². The van der Waals surface area contributed by atoms with Crippen LogP contribution in [0.4, 0.5) is 0 Å². The maximum absolute atomic E-state index is 12.6. The minimum atomic E-state index is -0.382. The topological polar surface area (TPSA) is 49.4 Å². The average molecular weight is 294 g/mol. The molecule has 0 aliphatic carbocycles. The molecule has 20 heavy (non-hydrogen) atoms. The first kappa shape index (κ1) is 15.0. The molecule has 2 unspecified atom stereocenters. The molecular weight excluding hydrogens is 272 g/mol. The van der Waals surface area contributed by atoms with E-state index < -0.39 is 0 Å². The average Bonchev–Trinajstić information content (AvgIpc) is 2.66. The summed E-state index contributed by atoms with van der Waals surface area (Å²) in [6, 6.07) is 1.79. The molecule has 0 bridgehead atoms. The van der Waals surface area contributed by atoms with Crippen LogP contribution >= 0.6 is 11.3 Å². The van der Waals surface area contributed by atoms with Crippen LogP contribution in [-0.4, -0.2) is 29.3 Å². The molecule has 2 atom stereocenters. The minimum Gasteiger partial charge on any atom is -0.344 e. The third kappa shape index (κ3) is 2.87. The first-order valence-corrected chi connectivity index (χ1v) is 7.92. The molecule has 1 aromatic heterocycles. The van der Waals surface area contributed by atoms with Crippen molar-refractivity contribution in [3.8, 4) is 0 Å². The van der Waals surface area contributed by atoms with E-state index in [1.807, 2.05) is 11.8 Å². The van der Waals surface area contributed by atoms with Gasteiger partial charge in [-0.1, -0.05) is 6.92 Å². The fourth-order valence-corrected chi connectivity index (χ4v) is 3.77. The third-order valence-electron chi connectivity index (χ3n) is 3.90. The highest BCUT2D eigenvalue weighted by molar-refractivity contribution is 7.12. The summed E-state index contributed by atoms with van der Waals surface area (Å²) in [5.74, 6) is 0.00669. The highest BCUT2D eigenvalue weighted by Gasteiger charge is 2.32. The molecule has 0 aromatic carbocycles. The Kier molecular flexibility index (Phi) is 4.48. The number of thiophene rings is 1. The van der Waals surface area contributed by atoms with Gasteiger partial charge in [0.05, 0.1) is 6.04 Å². The molecule has 0 saturated carbocycles. The van der Waals surface area contributed by atoms with Crippen molar-refractivity contribution in [1.29, 1.82) is 0 Å². The Bertz CT molecular complexity index is 524. The lowest BCUT2D eigenvalue weighted by Gasteiger charge is -2.30. The van der Waals surface area contributed by atoms with E-state index >= 15 is 0 Å². The maximum Gasteiger partial charge on any atom is 0.245 e. The number of nitrogens with one attached hydrogen (secondary N) is 1. The van der Waals surface area contributed by atoms with E-state index in [0.29, 0.717) is 19.4 Å². The van der Waals surface area contributed by atoms with E-state index in [0.717, 1.165) is 0 Å². The molecule has 0 spiro atoms. The molecule has 1 aliphatic heterocycles. The summed E-state index contributed by atoms with van der Waals surface area (Å²) in [5.41, 5.74) is 1.20. The lowest BCUT2D eigenvalue weighted by Crippen LogP contribution is -2.45. The summed E-state index contributed by atoms with van der Waals surface area (Å²) >= 11 is 1.75. The number of carbonyl (C=O) groups is 2. The normalized spacial score (nSPS) is 21.6. The SMILES string of the molecule is CCC1NC(=O)CCN(C(C)c2cc(C)sc2C)C1=O. The Morgan fingerprint density at radius 2 is 2.15 bits per heavy atom. The van der Waals surface area contributed by atoms with E-state index in [1.165, 1.54) is 15.3 Å². The van der Waals surface area contributed by atoms with Gasteiger partial charge in [0.2, 0.25) is 11.8 Å². The lowest BCUT2D eigenvalue weighted by molar-refractivity contribution is -0.135. The Labute approximate surface area is 124 Å². The molecule has 1 saturated heterocycles. The van der Waals surface area contributed by atoms with Crippen molar-refractivity contribution in [3.05, 3.63) is 21.4 Å². The predicted octanol–water partition coefficient (Wildman–Crippen LogP) is 2.55. The van der Waals surface area contributed by atoms with Crippen LogP contribution in [0.3, 0.4) is 0 Å². The van der Waals surface area contributed by atoms with Crippen molar-refractivity contribution >= 4 is 23.2 Å². The van der Waals surface area contributed by atoms with Crippen molar-refractivity contribution in [2.75, 3.05) is 6.54 Å². The fraction of sp³-hybridized carbons (Fsp3) is 0.600. The van der Waals surface area contributed by atoms with E-state index in [9.17, 15) is 9.59 Å². The highest BCUT2D eigenvalue weighted by atomic mass is 32.1. The molecular formula is C15H22N2O2S. The number of nitrogens with zero attached hydrogens (tertiary/aromatic N) is 1. The van der Waals surface area contributed by atoms with Gasteiger partial charge in [0, 0.05) is 22.7 Å². The third-order valence-corrected chi connectivity index (χ3v) is 4.88. The van der Waals surface area contributed by atoms with Crippen LogP contribution in [0.2, 0.25) is 0 Å². The number of rotatable bonds is 3. The molecule has 110 valence electrons. The van der Waals surface area contributed by atoms with Crippen molar-refractivity contribution in [3.63, 3.8) is 0 Å². The van der Waals surface area contributed by atoms with Gasteiger partial charge in [-0.05, 0) is 38.8 Å². The molecule has 0 radical (unpaired) electrons. The van der Waals surface area contributed by atoms with Gasteiger partial charge < -0.3 is 10.2 Å². The molecule has 1 N–H and O–H groups in total. The number of hydrogen-bond acceptors (Lipinski definition) is 3. The second kappa shape index (κ2) is 5.95. The molecule has 2 amide bonds. The standard InChI is InChI=1S/C15H22N2O2S/c1-5-13-15(19)17(7-6-14(18)16-13)10(3)12-8-9(2)20-11(12)4/h8,10,13H,5-7H2,1-4H3,(H,16,18). The van der Waals surface area contributed by atoms with Crippen molar-refractivity contribution in [2.45, 2.75) is 52.6 Å². The molecule has 2 heterocycles. The maximum atomic E-state index is 12.6.